The van der Waals surface area contributed by atoms with Gasteiger partial charge in [-0.15, -0.1) is 0 Å². The molecule has 2 rings (SSSR count). The van der Waals surface area contributed by atoms with Gasteiger partial charge in [-0.1, -0.05) is 6.92 Å². The molecule has 0 spiro atoms. The molecule has 0 fully saturated rings. The fraction of sp³-hybridized carbons (Fsp3) is 0.200. The van der Waals surface area contributed by atoms with Gasteiger partial charge >= 0.3 is 0 Å². The lowest BCUT2D eigenvalue weighted by Gasteiger charge is -2.01. The maximum absolute atomic E-state index is 11.1. The van der Waals surface area contributed by atoms with Gasteiger partial charge in [0.2, 0.25) is 5.56 Å². The summed E-state index contributed by atoms with van der Waals surface area (Å²) in [6.45, 7) is 2.02. The minimum atomic E-state index is -0.0739. The van der Waals surface area contributed by atoms with Crippen LogP contribution in [0, 0.1) is 0 Å². The van der Waals surface area contributed by atoms with Gasteiger partial charge in [0, 0.05) is 17.6 Å². The van der Waals surface area contributed by atoms with E-state index in [1.165, 1.54) is 6.07 Å². The number of hydrogen-bond acceptors (Lipinski definition) is 2. The van der Waals surface area contributed by atoms with Gasteiger partial charge in [-0.2, -0.15) is 0 Å². The first kappa shape index (κ1) is 7.98. The van der Waals surface area contributed by atoms with E-state index in [1.54, 1.807) is 6.20 Å². The number of H-pyrrole nitrogens is 1. The number of aromatic nitrogens is 2. The highest BCUT2D eigenvalue weighted by Gasteiger charge is 1.99. The first-order chi connectivity index (χ1) is 6.31. The summed E-state index contributed by atoms with van der Waals surface area (Å²) in [5, 5.41) is 1.03. The van der Waals surface area contributed by atoms with Crippen LogP contribution in [0.1, 0.15) is 12.6 Å². The number of hydrogen-bond donors (Lipinski definition) is 1. The third-order valence-electron chi connectivity index (χ3n) is 2.06. The van der Waals surface area contributed by atoms with E-state index >= 15 is 0 Å². The number of rotatable bonds is 1. The molecular weight excluding hydrogens is 164 g/mol. The third-order valence-corrected chi connectivity index (χ3v) is 2.06. The summed E-state index contributed by atoms with van der Waals surface area (Å²) in [5.74, 6) is 0. The largest absolute Gasteiger partial charge is 0.320 e. The number of nitrogens with zero attached hydrogens (tertiary/aromatic N) is 1. The molecule has 1 N–H and O–H groups in total. The summed E-state index contributed by atoms with van der Waals surface area (Å²) in [6.07, 6.45) is 2.59. The summed E-state index contributed by atoms with van der Waals surface area (Å²) in [6, 6.07) is 5.24. The van der Waals surface area contributed by atoms with Gasteiger partial charge in [0.15, 0.2) is 0 Å². The van der Waals surface area contributed by atoms with Gasteiger partial charge in [-0.05, 0) is 18.6 Å². The number of fused-ring (bicyclic) bond motifs is 1. The summed E-state index contributed by atoms with van der Waals surface area (Å²) >= 11 is 0. The zero-order valence-corrected chi connectivity index (χ0v) is 7.37. The Labute approximate surface area is 75.4 Å². The van der Waals surface area contributed by atoms with Crippen LogP contribution in [0.4, 0.5) is 0 Å². The van der Waals surface area contributed by atoms with Gasteiger partial charge in [0.1, 0.15) is 0 Å². The minimum Gasteiger partial charge on any atom is -0.320 e. The highest BCUT2D eigenvalue weighted by atomic mass is 16.1. The molecule has 13 heavy (non-hydrogen) atoms. The molecule has 0 aliphatic heterocycles. The molecular formula is C10H10N2O. The van der Waals surface area contributed by atoms with Crippen molar-refractivity contribution in [3.05, 3.63) is 40.4 Å². The molecule has 0 aliphatic carbocycles. The molecule has 0 saturated carbocycles. The summed E-state index contributed by atoms with van der Waals surface area (Å²) < 4.78 is 0. The smallest absolute Gasteiger partial charge is 0.248 e. The molecule has 0 aromatic carbocycles. The average molecular weight is 174 g/mol. The Hall–Kier alpha value is -1.64. The van der Waals surface area contributed by atoms with Crippen LogP contribution in [0.15, 0.2) is 29.2 Å². The molecule has 0 atom stereocenters. The lowest BCUT2D eigenvalue weighted by molar-refractivity contribution is 1.04. The maximum atomic E-state index is 11.1. The van der Waals surface area contributed by atoms with Crippen molar-refractivity contribution < 1.29 is 0 Å². The monoisotopic (exact) mass is 174 g/mol. The zero-order valence-electron chi connectivity index (χ0n) is 7.37. The molecule has 0 saturated heterocycles. The van der Waals surface area contributed by atoms with E-state index < -0.39 is 0 Å². The predicted molar refractivity (Wildman–Crippen MR) is 51.7 cm³/mol. The molecule has 0 unspecified atom stereocenters. The van der Waals surface area contributed by atoms with Crippen LogP contribution in [-0.2, 0) is 6.42 Å². The van der Waals surface area contributed by atoms with Crippen molar-refractivity contribution in [3.63, 3.8) is 0 Å². The molecule has 0 aliphatic rings. The Kier molecular flexibility index (Phi) is 1.85. The second-order valence-corrected chi connectivity index (χ2v) is 2.90. The van der Waals surface area contributed by atoms with E-state index in [4.69, 9.17) is 0 Å². The Morgan fingerprint density at radius 2 is 2.23 bits per heavy atom. The lowest BCUT2D eigenvalue weighted by atomic mass is 10.2. The van der Waals surface area contributed by atoms with Crippen molar-refractivity contribution in [2.75, 3.05) is 0 Å². The van der Waals surface area contributed by atoms with Crippen LogP contribution >= 0.6 is 0 Å². The van der Waals surface area contributed by atoms with Crippen molar-refractivity contribution in [1.29, 1.82) is 0 Å². The first-order valence-electron chi connectivity index (χ1n) is 4.28. The van der Waals surface area contributed by atoms with Crippen molar-refractivity contribution in [3.8, 4) is 0 Å². The second-order valence-electron chi connectivity index (χ2n) is 2.90. The molecule has 2 heterocycles. The quantitative estimate of drug-likeness (QED) is 0.711. The minimum absolute atomic E-state index is 0.0739. The Morgan fingerprint density at radius 1 is 1.38 bits per heavy atom. The van der Waals surface area contributed by atoms with E-state index in [0.29, 0.717) is 0 Å². The molecule has 2 aromatic heterocycles. The Bertz CT molecular complexity index is 487. The fourth-order valence-electron chi connectivity index (χ4n) is 1.40. The normalized spacial score (nSPS) is 10.5. The highest BCUT2D eigenvalue weighted by molar-refractivity contribution is 5.79. The summed E-state index contributed by atoms with van der Waals surface area (Å²) in [5.41, 5.74) is 1.72. The molecule has 0 amide bonds. The standard InChI is InChI=1S/C10H10N2O/c1-2-8-10-7(5-6-11-8)3-4-9(13)12-10/h3-6H,2H2,1H3,(H,12,13). The van der Waals surface area contributed by atoms with Crippen LogP contribution in [0.2, 0.25) is 0 Å². The zero-order chi connectivity index (χ0) is 9.26. The molecule has 3 nitrogen and oxygen atoms in total. The average Bonchev–Trinajstić information content (AvgIpc) is 2.17. The molecule has 2 aromatic rings. The summed E-state index contributed by atoms with van der Waals surface area (Å²) in [7, 11) is 0. The van der Waals surface area contributed by atoms with Crippen LogP contribution in [0.25, 0.3) is 10.9 Å². The Morgan fingerprint density at radius 3 is 3.00 bits per heavy atom. The molecule has 0 bridgehead atoms. The van der Waals surface area contributed by atoms with E-state index in [1.807, 2.05) is 19.1 Å². The van der Waals surface area contributed by atoms with Crippen molar-refractivity contribution in [1.82, 2.24) is 9.97 Å². The lowest BCUT2D eigenvalue weighted by Crippen LogP contribution is -2.04. The molecule has 0 radical (unpaired) electrons. The van der Waals surface area contributed by atoms with E-state index in [-0.39, 0.29) is 5.56 Å². The van der Waals surface area contributed by atoms with Crippen molar-refractivity contribution in [2.45, 2.75) is 13.3 Å². The first-order valence-corrected chi connectivity index (χ1v) is 4.28. The topological polar surface area (TPSA) is 45.8 Å². The molecule has 3 heteroatoms. The van der Waals surface area contributed by atoms with Crippen molar-refractivity contribution in [2.24, 2.45) is 0 Å². The Balaban J connectivity index is 2.87. The fourth-order valence-corrected chi connectivity index (χ4v) is 1.40. The van der Waals surface area contributed by atoms with Crippen LogP contribution in [0.3, 0.4) is 0 Å². The van der Waals surface area contributed by atoms with Gasteiger partial charge in [0.05, 0.1) is 11.2 Å². The maximum Gasteiger partial charge on any atom is 0.248 e. The van der Waals surface area contributed by atoms with Crippen molar-refractivity contribution >= 4 is 10.9 Å². The number of nitrogens with one attached hydrogen (secondary N) is 1. The second kappa shape index (κ2) is 3.01. The van der Waals surface area contributed by atoms with Crippen LogP contribution in [0.5, 0.6) is 0 Å². The number of aryl methyl sites for hydroxylation is 1. The van der Waals surface area contributed by atoms with Gasteiger partial charge in [-0.25, -0.2) is 0 Å². The number of pyridine rings is 2. The SMILES string of the molecule is CCc1nccc2ccc(=O)[nH]c12. The third kappa shape index (κ3) is 1.33. The number of aromatic amines is 1. The summed E-state index contributed by atoms with van der Waals surface area (Å²) in [4.78, 5) is 18.1. The predicted octanol–water partition coefficient (Wildman–Crippen LogP) is 1.49. The van der Waals surface area contributed by atoms with Crippen LogP contribution in [-0.4, -0.2) is 9.97 Å². The van der Waals surface area contributed by atoms with E-state index in [2.05, 4.69) is 9.97 Å². The van der Waals surface area contributed by atoms with Gasteiger partial charge in [-0.3, -0.25) is 9.78 Å². The van der Waals surface area contributed by atoms with E-state index in [9.17, 15) is 4.79 Å². The van der Waals surface area contributed by atoms with Gasteiger partial charge in [0.25, 0.3) is 0 Å². The van der Waals surface area contributed by atoms with Gasteiger partial charge < -0.3 is 4.98 Å². The highest BCUT2D eigenvalue weighted by Crippen LogP contribution is 2.11. The van der Waals surface area contributed by atoms with E-state index in [0.717, 1.165) is 23.0 Å². The molecule has 66 valence electrons. The van der Waals surface area contributed by atoms with Crippen LogP contribution < -0.4 is 5.56 Å².